The predicted molar refractivity (Wildman–Crippen MR) is 83.2 cm³/mol. The molecule has 1 aromatic carbocycles. The van der Waals surface area contributed by atoms with Gasteiger partial charge in [-0.2, -0.15) is 8.78 Å². The van der Waals surface area contributed by atoms with Crippen molar-refractivity contribution < 1.29 is 22.0 Å². The van der Waals surface area contributed by atoms with Gasteiger partial charge in [-0.1, -0.05) is 13.0 Å². The highest BCUT2D eigenvalue weighted by Gasteiger charge is 2.27. The van der Waals surface area contributed by atoms with Gasteiger partial charge in [0.1, 0.15) is 0 Å². The van der Waals surface area contributed by atoms with Gasteiger partial charge in [-0.15, -0.1) is 0 Å². The molecular weight excluding hydrogens is 326 g/mol. The second kappa shape index (κ2) is 7.25. The second-order valence-electron chi connectivity index (χ2n) is 5.89. The Morgan fingerprint density at radius 3 is 2.48 bits per heavy atom. The van der Waals surface area contributed by atoms with E-state index < -0.39 is 26.5 Å². The van der Waals surface area contributed by atoms with Gasteiger partial charge in [0, 0.05) is 11.7 Å². The van der Waals surface area contributed by atoms with Crippen LogP contribution in [0.25, 0.3) is 0 Å². The van der Waals surface area contributed by atoms with Crippen LogP contribution in [0.4, 0.5) is 19.3 Å². The number of carbonyl (C=O) groups excluding carboxylic acids is 1. The average molecular weight is 346 g/mol. The lowest BCUT2D eigenvalue weighted by Crippen LogP contribution is -2.39. The molecule has 1 aromatic rings. The highest BCUT2D eigenvalue weighted by atomic mass is 32.2. The van der Waals surface area contributed by atoms with E-state index in [1.54, 1.807) is 0 Å². The number of amides is 2. The van der Waals surface area contributed by atoms with Crippen molar-refractivity contribution in [3.63, 3.8) is 0 Å². The van der Waals surface area contributed by atoms with Crippen LogP contribution in [0.2, 0.25) is 0 Å². The van der Waals surface area contributed by atoms with Crippen LogP contribution in [0, 0.1) is 5.92 Å². The minimum absolute atomic E-state index is 0.0826. The van der Waals surface area contributed by atoms with Crippen LogP contribution >= 0.6 is 0 Å². The van der Waals surface area contributed by atoms with E-state index in [4.69, 9.17) is 0 Å². The number of anilines is 1. The molecule has 2 N–H and O–H groups in total. The summed E-state index contributed by atoms with van der Waals surface area (Å²) < 4.78 is 48.0. The fourth-order valence-corrected chi connectivity index (χ4v) is 3.38. The van der Waals surface area contributed by atoms with Crippen molar-refractivity contribution in [1.29, 1.82) is 0 Å². The summed E-state index contributed by atoms with van der Waals surface area (Å²) in [5, 5.41) is 5.31. The third kappa shape index (κ3) is 4.63. The van der Waals surface area contributed by atoms with Gasteiger partial charge in [-0.3, -0.25) is 0 Å². The molecule has 1 aliphatic rings. The average Bonchev–Trinajstić information content (AvgIpc) is 2.49. The number of carbonyl (C=O) groups is 1. The number of hydrogen-bond acceptors (Lipinski definition) is 3. The highest BCUT2D eigenvalue weighted by molar-refractivity contribution is 7.91. The van der Waals surface area contributed by atoms with Crippen molar-refractivity contribution in [2.75, 3.05) is 5.32 Å². The summed E-state index contributed by atoms with van der Waals surface area (Å²) in [4.78, 5) is 11.4. The lowest BCUT2D eigenvalue weighted by atomic mass is 9.87. The lowest BCUT2D eigenvalue weighted by molar-refractivity contribution is 0.235. The number of sulfone groups is 1. The molecule has 1 saturated carbocycles. The van der Waals surface area contributed by atoms with Crippen molar-refractivity contribution >= 4 is 21.6 Å². The SMILES string of the molecule is CC1CCC(NC(=O)Nc2cccc(S(=O)(=O)C(F)F)c2)CC1. The van der Waals surface area contributed by atoms with Gasteiger partial charge in [0.25, 0.3) is 0 Å². The van der Waals surface area contributed by atoms with E-state index in [9.17, 15) is 22.0 Å². The number of rotatable bonds is 4. The van der Waals surface area contributed by atoms with Crippen LogP contribution in [0.15, 0.2) is 29.2 Å². The zero-order valence-electron chi connectivity index (χ0n) is 12.8. The normalized spacial score (nSPS) is 21.9. The van der Waals surface area contributed by atoms with Crippen molar-refractivity contribution in [3.8, 4) is 0 Å². The van der Waals surface area contributed by atoms with E-state index in [0.717, 1.165) is 37.8 Å². The summed E-state index contributed by atoms with van der Waals surface area (Å²) in [5.74, 6) is -2.83. The van der Waals surface area contributed by atoms with Crippen LogP contribution in [0.3, 0.4) is 0 Å². The van der Waals surface area contributed by atoms with E-state index in [1.165, 1.54) is 12.1 Å². The Kier molecular flexibility index (Phi) is 5.56. The first kappa shape index (κ1) is 17.7. The summed E-state index contributed by atoms with van der Waals surface area (Å²) >= 11 is 0. The van der Waals surface area contributed by atoms with Crippen LogP contribution in [-0.4, -0.2) is 26.2 Å². The van der Waals surface area contributed by atoms with Crippen LogP contribution < -0.4 is 10.6 Å². The summed E-state index contributed by atoms with van der Waals surface area (Å²) in [5.41, 5.74) is 0.161. The predicted octanol–water partition coefficient (Wildman–Crippen LogP) is 3.38. The smallest absolute Gasteiger partial charge is 0.335 e. The Morgan fingerprint density at radius 2 is 1.87 bits per heavy atom. The molecule has 128 valence electrons. The first-order valence-electron chi connectivity index (χ1n) is 7.48. The third-order valence-electron chi connectivity index (χ3n) is 4.01. The monoisotopic (exact) mass is 346 g/mol. The molecule has 0 aromatic heterocycles. The van der Waals surface area contributed by atoms with Crippen LogP contribution in [0.5, 0.6) is 0 Å². The second-order valence-corrected chi connectivity index (χ2v) is 7.81. The highest BCUT2D eigenvalue weighted by Crippen LogP contribution is 2.24. The lowest BCUT2D eigenvalue weighted by Gasteiger charge is -2.26. The quantitative estimate of drug-likeness (QED) is 0.877. The van der Waals surface area contributed by atoms with Crippen molar-refractivity contribution in [2.24, 2.45) is 5.92 Å². The van der Waals surface area contributed by atoms with Gasteiger partial charge < -0.3 is 10.6 Å². The van der Waals surface area contributed by atoms with Crippen LogP contribution in [0.1, 0.15) is 32.6 Å². The zero-order valence-corrected chi connectivity index (χ0v) is 13.6. The fourth-order valence-electron chi connectivity index (χ4n) is 2.61. The number of halogens is 2. The Balaban J connectivity index is 1.99. The molecule has 23 heavy (non-hydrogen) atoms. The topological polar surface area (TPSA) is 75.3 Å². The minimum atomic E-state index is -4.67. The molecule has 2 rings (SSSR count). The van der Waals surface area contributed by atoms with Crippen molar-refractivity contribution in [3.05, 3.63) is 24.3 Å². The van der Waals surface area contributed by atoms with E-state index in [1.807, 2.05) is 0 Å². The third-order valence-corrected chi connectivity index (χ3v) is 5.39. The summed E-state index contributed by atoms with van der Waals surface area (Å²) in [6.45, 7) is 2.17. The number of hydrogen-bond donors (Lipinski definition) is 2. The Labute approximate surface area is 134 Å². The molecule has 1 aliphatic carbocycles. The van der Waals surface area contributed by atoms with Gasteiger partial charge in [0.15, 0.2) is 0 Å². The molecule has 0 spiro atoms. The maximum atomic E-state index is 12.5. The molecule has 0 atom stereocenters. The molecule has 2 amide bonds. The molecule has 1 fully saturated rings. The van der Waals surface area contributed by atoms with Gasteiger partial charge in [-0.05, 0) is 49.8 Å². The van der Waals surface area contributed by atoms with E-state index >= 15 is 0 Å². The molecule has 0 radical (unpaired) electrons. The first-order chi connectivity index (χ1) is 10.8. The van der Waals surface area contributed by atoms with Crippen molar-refractivity contribution in [2.45, 2.75) is 49.3 Å². The van der Waals surface area contributed by atoms with Crippen molar-refractivity contribution in [1.82, 2.24) is 5.32 Å². The molecule has 0 saturated heterocycles. The van der Waals surface area contributed by atoms with E-state index in [2.05, 4.69) is 17.6 Å². The number of benzene rings is 1. The Morgan fingerprint density at radius 1 is 1.22 bits per heavy atom. The fraction of sp³-hybridized carbons (Fsp3) is 0.533. The molecule has 0 unspecified atom stereocenters. The van der Waals surface area contributed by atoms with E-state index in [-0.39, 0.29) is 11.7 Å². The van der Waals surface area contributed by atoms with Gasteiger partial charge in [0.05, 0.1) is 4.90 Å². The number of urea groups is 1. The maximum absolute atomic E-state index is 12.5. The maximum Gasteiger partial charge on any atom is 0.341 e. The van der Waals surface area contributed by atoms with Crippen LogP contribution in [-0.2, 0) is 9.84 Å². The summed E-state index contributed by atoms with van der Waals surface area (Å²) in [6.07, 6.45) is 3.89. The largest absolute Gasteiger partial charge is 0.341 e. The molecule has 0 aliphatic heterocycles. The zero-order chi connectivity index (χ0) is 17.0. The minimum Gasteiger partial charge on any atom is -0.335 e. The van der Waals surface area contributed by atoms with Gasteiger partial charge >= 0.3 is 11.8 Å². The Bertz CT molecular complexity index is 656. The van der Waals surface area contributed by atoms with Gasteiger partial charge in [-0.25, -0.2) is 13.2 Å². The Hall–Kier alpha value is -1.70. The summed E-state index contributed by atoms with van der Waals surface area (Å²) in [7, 11) is -4.67. The first-order valence-corrected chi connectivity index (χ1v) is 9.03. The number of alkyl halides is 2. The molecule has 0 bridgehead atoms. The molecule has 5 nitrogen and oxygen atoms in total. The number of nitrogens with one attached hydrogen (secondary N) is 2. The molecule has 0 heterocycles. The summed E-state index contributed by atoms with van der Waals surface area (Å²) in [6, 6.07) is 4.49. The molecule has 8 heteroatoms. The van der Waals surface area contributed by atoms with Gasteiger partial charge in [0.2, 0.25) is 9.84 Å². The van der Waals surface area contributed by atoms with E-state index in [0.29, 0.717) is 5.92 Å². The standard InChI is InChI=1S/C15H20F2N2O3S/c1-10-5-7-11(8-6-10)18-15(20)19-12-3-2-4-13(9-12)23(21,22)14(16)17/h2-4,9-11,14H,5-8H2,1H3,(H2,18,19,20). The molecular formula is C15H20F2N2O3S.